The summed E-state index contributed by atoms with van der Waals surface area (Å²) in [7, 11) is 0. The molecule has 0 fully saturated rings. The molecule has 0 unspecified atom stereocenters. The van der Waals surface area contributed by atoms with E-state index in [9.17, 15) is 8.78 Å². The Labute approximate surface area is 119 Å². The van der Waals surface area contributed by atoms with E-state index in [1.807, 2.05) is 0 Å². The van der Waals surface area contributed by atoms with E-state index in [0.29, 0.717) is 11.1 Å². The molecule has 0 saturated heterocycles. The second kappa shape index (κ2) is 6.22. The van der Waals surface area contributed by atoms with Gasteiger partial charge < -0.3 is 4.74 Å². The van der Waals surface area contributed by atoms with Gasteiger partial charge in [-0.2, -0.15) is 0 Å². The van der Waals surface area contributed by atoms with Gasteiger partial charge >= 0.3 is 0 Å². The van der Waals surface area contributed by atoms with Crippen LogP contribution in [0.2, 0.25) is 5.02 Å². The van der Waals surface area contributed by atoms with Gasteiger partial charge in [0.25, 0.3) is 0 Å². The van der Waals surface area contributed by atoms with E-state index in [1.165, 1.54) is 24.3 Å². The Bertz CT molecular complexity index is 588. The quantitative estimate of drug-likeness (QED) is 0.727. The number of ether oxygens (including phenoxy) is 1. The van der Waals surface area contributed by atoms with Crippen molar-refractivity contribution in [2.24, 2.45) is 0 Å². The third-order valence-corrected chi connectivity index (χ3v) is 3.14. The lowest BCUT2D eigenvalue weighted by Crippen LogP contribution is -2.00. The minimum absolute atomic E-state index is 0.00667. The standard InChI is InChI=1S/C14H10Cl2F2O/c15-7-10-2-1-3-13(18)14(10)19-8-9-4-5-12(17)11(16)6-9/h1-6H,7-8H2. The first-order valence-electron chi connectivity index (χ1n) is 5.52. The minimum atomic E-state index is -0.502. The van der Waals surface area contributed by atoms with Crippen molar-refractivity contribution in [1.82, 2.24) is 0 Å². The SMILES string of the molecule is Fc1ccc(COc2c(F)cccc2CCl)cc1Cl. The summed E-state index contributed by atoms with van der Waals surface area (Å²) in [5.41, 5.74) is 1.21. The molecule has 2 aromatic rings. The Morgan fingerprint density at radius 2 is 1.84 bits per heavy atom. The van der Waals surface area contributed by atoms with E-state index in [4.69, 9.17) is 27.9 Å². The predicted molar refractivity (Wildman–Crippen MR) is 71.7 cm³/mol. The van der Waals surface area contributed by atoms with Crippen molar-refractivity contribution in [2.45, 2.75) is 12.5 Å². The van der Waals surface area contributed by atoms with Crippen LogP contribution in [0.3, 0.4) is 0 Å². The fourth-order valence-electron chi connectivity index (χ4n) is 1.61. The molecule has 0 atom stereocenters. The molecule has 0 N–H and O–H groups in total. The molecule has 0 aromatic heterocycles. The molecule has 0 saturated carbocycles. The molecule has 100 valence electrons. The number of alkyl halides is 1. The maximum atomic E-state index is 13.6. The Hall–Kier alpha value is -1.32. The molecule has 0 heterocycles. The highest BCUT2D eigenvalue weighted by Gasteiger charge is 2.10. The number of hydrogen-bond acceptors (Lipinski definition) is 1. The Morgan fingerprint density at radius 3 is 2.53 bits per heavy atom. The average molecular weight is 303 g/mol. The van der Waals surface area contributed by atoms with Crippen LogP contribution in [0.5, 0.6) is 5.75 Å². The highest BCUT2D eigenvalue weighted by atomic mass is 35.5. The van der Waals surface area contributed by atoms with Crippen molar-refractivity contribution in [1.29, 1.82) is 0 Å². The first kappa shape index (κ1) is 14.1. The minimum Gasteiger partial charge on any atom is -0.485 e. The van der Waals surface area contributed by atoms with Crippen LogP contribution in [0.15, 0.2) is 36.4 Å². The van der Waals surface area contributed by atoms with E-state index >= 15 is 0 Å². The summed E-state index contributed by atoms with van der Waals surface area (Å²) in [5, 5.41) is 0.00667. The average Bonchev–Trinajstić information content (AvgIpc) is 2.41. The third-order valence-electron chi connectivity index (χ3n) is 2.56. The summed E-state index contributed by atoms with van der Waals surface area (Å²) >= 11 is 11.4. The van der Waals surface area contributed by atoms with Gasteiger partial charge in [0.1, 0.15) is 12.4 Å². The highest BCUT2D eigenvalue weighted by molar-refractivity contribution is 6.30. The van der Waals surface area contributed by atoms with Crippen LogP contribution in [0.25, 0.3) is 0 Å². The Balaban J connectivity index is 2.16. The largest absolute Gasteiger partial charge is 0.485 e. The molecule has 0 bridgehead atoms. The van der Waals surface area contributed by atoms with Gasteiger partial charge in [-0.3, -0.25) is 0 Å². The number of halogens is 4. The number of hydrogen-bond donors (Lipinski definition) is 0. The molecule has 0 aliphatic rings. The van der Waals surface area contributed by atoms with Gasteiger partial charge in [0.05, 0.1) is 10.9 Å². The summed E-state index contributed by atoms with van der Waals surface area (Å²) in [6, 6.07) is 8.76. The van der Waals surface area contributed by atoms with Gasteiger partial charge in [-0.25, -0.2) is 8.78 Å². The lowest BCUT2D eigenvalue weighted by molar-refractivity contribution is 0.287. The van der Waals surface area contributed by atoms with Gasteiger partial charge in [-0.1, -0.05) is 29.8 Å². The van der Waals surface area contributed by atoms with Gasteiger partial charge in [-0.05, 0) is 23.8 Å². The van der Waals surface area contributed by atoms with Crippen LogP contribution in [-0.2, 0) is 12.5 Å². The van der Waals surface area contributed by atoms with Crippen LogP contribution in [0.1, 0.15) is 11.1 Å². The number of benzene rings is 2. The summed E-state index contributed by atoms with van der Waals surface area (Å²) in [5.74, 6) is -0.723. The van der Waals surface area contributed by atoms with Crippen LogP contribution < -0.4 is 4.74 Å². The van der Waals surface area contributed by atoms with Crippen molar-refractivity contribution < 1.29 is 13.5 Å². The molecule has 1 nitrogen and oxygen atoms in total. The van der Waals surface area contributed by atoms with Crippen molar-refractivity contribution in [3.8, 4) is 5.75 Å². The van der Waals surface area contributed by atoms with Crippen molar-refractivity contribution in [3.05, 3.63) is 64.2 Å². The molecule has 0 amide bonds. The fraction of sp³-hybridized carbons (Fsp3) is 0.143. The van der Waals surface area contributed by atoms with Crippen LogP contribution in [0, 0.1) is 11.6 Å². The molecule has 2 aromatic carbocycles. The molecule has 0 aliphatic carbocycles. The lowest BCUT2D eigenvalue weighted by Gasteiger charge is -2.11. The summed E-state index contributed by atoms with van der Waals surface area (Å²) in [4.78, 5) is 0. The zero-order valence-corrected chi connectivity index (χ0v) is 11.3. The van der Waals surface area contributed by atoms with E-state index in [0.717, 1.165) is 0 Å². The number of para-hydroxylation sites is 1. The van der Waals surface area contributed by atoms with Crippen molar-refractivity contribution in [3.63, 3.8) is 0 Å². The van der Waals surface area contributed by atoms with E-state index in [2.05, 4.69) is 0 Å². The number of rotatable bonds is 4. The Morgan fingerprint density at radius 1 is 1.05 bits per heavy atom. The monoisotopic (exact) mass is 302 g/mol. The molecule has 19 heavy (non-hydrogen) atoms. The second-order valence-electron chi connectivity index (χ2n) is 3.90. The van der Waals surface area contributed by atoms with Gasteiger partial charge in [0.15, 0.2) is 11.6 Å². The van der Waals surface area contributed by atoms with Crippen LogP contribution in [-0.4, -0.2) is 0 Å². The first-order chi connectivity index (χ1) is 9.11. The topological polar surface area (TPSA) is 9.23 Å². The van der Waals surface area contributed by atoms with Crippen LogP contribution in [0.4, 0.5) is 8.78 Å². The molecular weight excluding hydrogens is 293 g/mol. The second-order valence-corrected chi connectivity index (χ2v) is 4.57. The Kier molecular flexibility index (Phi) is 4.61. The van der Waals surface area contributed by atoms with E-state index < -0.39 is 11.6 Å². The predicted octanol–water partition coefficient (Wildman–Crippen LogP) is 4.94. The zero-order chi connectivity index (χ0) is 13.8. The van der Waals surface area contributed by atoms with Crippen molar-refractivity contribution >= 4 is 23.2 Å². The lowest BCUT2D eigenvalue weighted by atomic mass is 10.2. The maximum Gasteiger partial charge on any atom is 0.165 e. The molecular formula is C14H10Cl2F2O. The molecule has 5 heteroatoms. The summed E-state index contributed by atoms with van der Waals surface area (Å²) in [6.07, 6.45) is 0. The fourth-order valence-corrected chi connectivity index (χ4v) is 2.02. The smallest absolute Gasteiger partial charge is 0.165 e. The van der Waals surface area contributed by atoms with E-state index in [-0.39, 0.29) is 23.3 Å². The summed E-state index contributed by atoms with van der Waals surface area (Å²) < 4.78 is 32.0. The van der Waals surface area contributed by atoms with Gasteiger partial charge in [0, 0.05) is 5.56 Å². The highest BCUT2D eigenvalue weighted by Crippen LogP contribution is 2.25. The summed E-state index contributed by atoms with van der Waals surface area (Å²) in [6.45, 7) is 0.0881. The zero-order valence-electron chi connectivity index (χ0n) is 9.80. The third kappa shape index (κ3) is 3.37. The molecule has 0 aliphatic heterocycles. The molecule has 0 spiro atoms. The first-order valence-corrected chi connectivity index (χ1v) is 6.43. The molecule has 2 rings (SSSR count). The molecule has 0 radical (unpaired) electrons. The van der Waals surface area contributed by atoms with Gasteiger partial charge in [0.2, 0.25) is 0 Å². The van der Waals surface area contributed by atoms with Crippen molar-refractivity contribution in [2.75, 3.05) is 0 Å². The van der Waals surface area contributed by atoms with Gasteiger partial charge in [-0.15, -0.1) is 11.6 Å². The van der Waals surface area contributed by atoms with Crippen LogP contribution >= 0.6 is 23.2 Å². The van der Waals surface area contributed by atoms with E-state index in [1.54, 1.807) is 12.1 Å². The maximum absolute atomic E-state index is 13.6. The normalized spacial score (nSPS) is 10.5.